The molecule has 0 aliphatic carbocycles. The van der Waals surface area contributed by atoms with E-state index in [1.807, 2.05) is 17.4 Å². The fourth-order valence-electron chi connectivity index (χ4n) is 2.82. The van der Waals surface area contributed by atoms with Crippen molar-refractivity contribution in [3.63, 3.8) is 0 Å². The number of aromatic nitrogens is 1. The number of rotatable bonds is 1. The van der Waals surface area contributed by atoms with Crippen molar-refractivity contribution in [1.82, 2.24) is 0 Å². The highest BCUT2D eigenvalue weighted by molar-refractivity contribution is 7.86. The van der Waals surface area contributed by atoms with Crippen molar-refractivity contribution >= 4 is 52.7 Å². The van der Waals surface area contributed by atoms with Gasteiger partial charge in [0.25, 0.3) is 0 Å². The van der Waals surface area contributed by atoms with E-state index in [2.05, 4.69) is 54.1 Å². The third-order valence-electron chi connectivity index (χ3n) is 4.10. The molecule has 0 saturated heterocycles. The molecule has 2 aromatic heterocycles. The summed E-state index contributed by atoms with van der Waals surface area (Å²) >= 11 is 1.85. The van der Waals surface area contributed by atoms with E-state index in [1.54, 1.807) is 7.11 Å². The lowest BCUT2D eigenvalue weighted by atomic mass is 10.1. The minimum absolute atomic E-state index is 0.895. The molecule has 2 heterocycles. The first-order valence-corrected chi connectivity index (χ1v) is 10.1. The van der Waals surface area contributed by atoms with Crippen molar-refractivity contribution in [3.05, 3.63) is 48.5 Å². The Morgan fingerprint density at radius 1 is 1.07 bits per heavy atom. The van der Waals surface area contributed by atoms with Gasteiger partial charge in [0.15, 0.2) is 10.1 Å². The molecule has 2 aromatic carbocycles. The number of nitrogens with zero attached hydrogens (tertiary/aromatic N) is 1. The number of alkyl halides is 3. The lowest BCUT2D eigenvalue weighted by Crippen LogP contribution is -2.29. The zero-order valence-electron chi connectivity index (χ0n) is 14.6. The number of ether oxygens (including phenoxy) is 1. The molecule has 0 bridgehead atoms. The Kier molecular flexibility index (Phi) is 5.22. The quantitative estimate of drug-likeness (QED) is 0.260. The van der Waals surface area contributed by atoms with Gasteiger partial charge in [-0.1, -0.05) is 12.1 Å². The molecular formula is C18H14F3NO4S2. The average Bonchev–Trinajstić information content (AvgIpc) is 2.99. The predicted molar refractivity (Wildman–Crippen MR) is 100 cm³/mol. The molecule has 5 nitrogen and oxygen atoms in total. The average molecular weight is 429 g/mol. The van der Waals surface area contributed by atoms with E-state index >= 15 is 0 Å². The van der Waals surface area contributed by atoms with Crippen molar-refractivity contribution in [2.24, 2.45) is 7.05 Å². The van der Waals surface area contributed by atoms with Gasteiger partial charge in [0, 0.05) is 10.1 Å². The summed E-state index contributed by atoms with van der Waals surface area (Å²) in [6.07, 6.45) is 0. The lowest BCUT2D eigenvalue weighted by Gasteiger charge is -2.08. The van der Waals surface area contributed by atoms with Crippen molar-refractivity contribution in [1.29, 1.82) is 0 Å². The van der Waals surface area contributed by atoms with Crippen molar-refractivity contribution in [3.8, 4) is 5.75 Å². The van der Waals surface area contributed by atoms with Crippen LogP contribution >= 0.6 is 11.3 Å². The zero-order valence-corrected chi connectivity index (χ0v) is 16.3. The second kappa shape index (κ2) is 7.19. The van der Waals surface area contributed by atoms with Crippen LogP contribution in [0.25, 0.3) is 31.2 Å². The summed E-state index contributed by atoms with van der Waals surface area (Å²) in [7, 11) is -2.25. The molecule has 4 aromatic rings. The number of fused-ring (bicyclic) bond motifs is 4. The molecule has 4 rings (SSSR count). The van der Waals surface area contributed by atoms with Gasteiger partial charge in [-0.2, -0.15) is 17.7 Å². The fraction of sp³-hybridized carbons (Fsp3) is 0.167. The summed E-state index contributed by atoms with van der Waals surface area (Å²) in [6.45, 7) is 0. The number of halogens is 3. The van der Waals surface area contributed by atoms with Gasteiger partial charge in [-0.05, 0) is 30.3 Å². The molecule has 0 N–H and O–H groups in total. The van der Waals surface area contributed by atoms with Crippen LogP contribution in [0.4, 0.5) is 13.2 Å². The Bertz CT molecular complexity index is 1280. The highest BCUT2D eigenvalue weighted by atomic mass is 32.2. The molecular weight excluding hydrogens is 415 g/mol. The molecule has 0 unspecified atom stereocenters. The van der Waals surface area contributed by atoms with Crippen LogP contribution in [0, 0.1) is 0 Å². The maximum absolute atomic E-state index is 10.7. The Morgan fingerprint density at radius 3 is 2.32 bits per heavy atom. The van der Waals surface area contributed by atoms with Crippen LogP contribution in [0.15, 0.2) is 48.5 Å². The van der Waals surface area contributed by atoms with Crippen LogP contribution in [0.3, 0.4) is 0 Å². The van der Waals surface area contributed by atoms with Gasteiger partial charge in [0.1, 0.15) is 17.5 Å². The van der Waals surface area contributed by atoms with E-state index in [4.69, 9.17) is 17.7 Å². The molecule has 0 saturated carbocycles. The Labute approximate surface area is 162 Å². The number of hydrogen-bond donors (Lipinski definition) is 0. The predicted octanol–water partition coefficient (Wildman–Crippen LogP) is 4.09. The highest BCUT2D eigenvalue weighted by Crippen LogP contribution is 2.33. The monoisotopic (exact) mass is 429 g/mol. The molecule has 0 spiro atoms. The number of benzene rings is 2. The molecule has 0 amide bonds. The molecule has 10 heteroatoms. The molecule has 0 fully saturated rings. The minimum Gasteiger partial charge on any atom is -0.741 e. The van der Waals surface area contributed by atoms with Crippen LogP contribution in [0.2, 0.25) is 0 Å². The highest BCUT2D eigenvalue weighted by Gasteiger charge is 2.36. The number of aryl methyl sites for hydroxylation is 1. The summed E-state index contributed by atoms with van der Waals surface area (Å²) in [5.41, 5.74) is -3.15. The van der Waals surface area contributed by atoms with Crippen LogP contribution in [-0.4, -0.2) is 25.6 Å². The van der Waals surface area contributed by atoms with E-state index in [0.717, 1.165) is 5.75 Å². The van der Waals surface area contributed by atoms with Gasteiger partial charge in [-0.15, -0.1) is 11.3 Å². The first kappa shape index (κ1) is 20.3. The van der Waals surface area contributed by atoms with E-state index in [9.17, 15) is 13.2 Å². The number of pyridine rings is 1. The summed E-state index contributed by atoms with van der Waals surface area (Å²) in [5, 5.41) is 2.56. The second-order valence-electron chi connectivity index (χ2n) is 5.84. The standard InChI is InChI=1S/C17H14NOS.CHF3O3S/c1-18-14-10-12(19-2)8-7-11(14)9-16-17(18)13-5-3-4-6-15(13)20-16;2-1(3,4)8(5,6)7/h3-10H,1-2H3;(H,5,6,7)/q+1;/p-1. The van der Waals surface area contributed by atoms with E-state index in [1.165, 1.54) is 31.2 Å². The maximum Gasteiger partial charge on any atom is 0.485 e. The third kappa shape index (κ3) is 3.75. The van der Waals surface area contributed by atoms with Crippen LogP contribution in [0.1, 0.15) is 0 Å². The maximum atomic E-state index is 10.7. The Balaban J connectivity index is 0.000000242. The van der Waals surface area contributed by atoms with Crippen molar-refractivity contribution in [2.75, 3.05) is 7.11 Å². The van der Waals surface area contributed by atoms with Gasteiger partial charge in [-0.3, -0.25) is 0 Å². The van der Waals surface area contributed by atoms with Gasteiger partial charge in [-0.25, -0.2) is 8.42 Å². The van der Waals surface area contributed by atoms with E-state index in [0.29, 0.717) is 0 Å². The number of thiophene rings is 1. The number of methoxy groups -OCH3 is 1. The zero-order chi connectivity index (χ0) is 20.7. The Morgan fingerprint density at radius 2 is 1.71 bits per heavy atom. The van der Waals surface area contributed by atoms with Gasteiger partial charge in [0.05, 0.1) is 18.6 Å². The molecule has 0 aliphatic rings. The first-order valence-electron chi connectivity index (χ1n) is 7.83. The van der Waals surface area contributed by atoms with E-state index < -0.39 is 15.6 Å². The van der Waals surface area contributed by atoms with Gasteiger partial charge >= 0.3 is 5.51 Å². The first-order chi connectivity index (χ1) is 13.0. The molecule has 28 heavy (non-hydrogen) atoms. The Hall–Kier alpha value is -2.43. The van der Waals surface area contributed by atoms with Gasteiger partial charge in [0.2, 0.25) is 11.0 Å². The largest absolute Gasteiger partial charge is 0.741 e. The van der Waals surface area contributed by atoms with Crippen molar-refractivity contribution < 1.29 is 35.4 Å². The van der Waals surface area contributed by atoms with E-state index in [-0.39, 0.29) is 0 Å². The summed E-state index contributed by atoms with van der Waals surface area (Å²) in [6, 6.07) is 17.1. The third-order valence-corrected chi connectivity index (χ3v) is 5.77. The summed E-state index contributed by atoms with van der Waals surface area (Å²) < 4.78 is 69.2. The normalized spacial score (nSPS) is 12.2. The molecule has 0 aliphatic heterocycles. The van der Waals surface area contributed by atoms with Crippen LogP contribution < -0.4 is 9.30 Å². The smallest absolute Gasteiger partial charge is 0.485 e. The molecule has 0 atom stereocenters. The second-order valence-corrected chi connectivity index (χ2v) is 8.29. The fourth-order valence-corrected chi connectivity index (χ4v) is 4.01. The van der Waals surface area contributed by atoms with Crippen molar-refractivity contribution in [2.45, 2.75) is 5.51 Å². The lowest BCUT2D eigenvalue weighted by molar-refractivity contribution is -0.616. The molecule has 0 radical (unpaired) electrons. The minimum atomic E-state index is -6.09. The summed E-state index contributed by atoms with van der Waals surface area (Å²) in [5.74, 6) is 0.895. The molecule has 148 valence electrons. The van der Waals surface area contributed by atoms with Crippen LogP contribution in [0.5, 0.6) is 5.75 Å². The van der Waals surface area contributed by atoms with Gasteiger partial charge < -0.3 is 9.29 Å². The van der Waals surface area contributed by atoms with Crippen LogP contribution in [-0.2, 0) is 17.2 Å². The topological polar surface area (TPSA) is 70.3 Å². The SMILES string of the molecule is COc1ccc2cc3sc4ccccc4c3[n+](C)c2c1.O=S(=O)([O-])C(F)(F)F. The summed E-state index contributed by atoms with van der Waals surface area (Å²) in [4.78, 5) is 0. The number of hydrogen-bond acceptors (Lipinski definition) is 5.